The molecule has 0 radical (unpaired) electrons. The molecule has 1 rings (SSSR count). The van der Waals surface area contributed by atoms with Gasteiger partial charge in [0.25, 0.3) is 0 Å². The van der Waals surface area contributed by atoms with Crippen LogP contribution in [-0.4, -0.2) is 28.0 Å². The summed E-state index contributed by atoms with van der Waals surface area (Å²) in [4.78, 5) is 8.84. The maximum Gasteiger partial charge on any atom is 0.138 e. The highest BCUT2D eigenvalue weighted by atomic mass is 32.2. The average Bonchev–Trinajstić information content (AvgIpc) is 2.24. The normalized spacial score (nSPS) is 13.4. The average molecular weight is 268 g/mol. The molecular weight excluding hydrogens is 244 g/mol. The highest BCUT2D eigenvalue weighted by Gasteiger charge is 2.18. The Morgan fingerprint density at radius 1 is 1.39 bits per heavy atom. The summed E-state index contributed by atoms with van der Waals surface area (Å²) < 4.78 is 0. The molecule has 3 N–H and O–H groups in total. The molecule has 0 saturated heterocycles. The quantitative estimate of drug-likeness (QED) is 0.859. The molecule has 0 aromatic carbocycles. The van der Waals surface area contributed by atoms with Crippen LogP contribution in [0.1, 0.15) is 39.9 Å². The zero-order chi connectivity index (χ0) is 13.8. The molecule has 5 heteroatoms. The third kappa shape index (κ3) is 4.72. The molecule has 0 spiro atoms. The third-order valence-electron chi connectivity index (χ3n) is 2.57. The molecule has 1 aromatic heterocycles. The van der Waals surface area contributed by atoms with E-state index in [4.69, 9.17) is 5.73 Å². The fraction of sp³-hybridized carbons (Fsp3) is 0.692. The van der Waals surface area contributed by atoms with Crippen molar-refractivity contribution in [1.29, 1.82) is 0 Å². The summed E-state index contributed by atoms with van der Waals surface area (Å²) in [6.45, 7) is 8.42. The number of hydrogen-bond donors (Lipinski definition) is 2. The van der Waals surface area contributed by atoms with E-state index < -0.39 is 0 Å². The number of nitrogens with one attached hydrogen (secondary N) is 1. The molecule has 18 heavy (non-hydrogen) atoms. The molecular formula is C13H24N4S. The lowest BCUT2D eigenvalue weighted by Crippen LogP contribution is -2.21. The van der Waals surface area contributed by atoms with Crippen LogP contribution in [0.15, 0.2) is 6.07 Å². The van der Waals surface area contributed by atoms with E-state index in [-0.39, 0.29) is 5.41 Å². The maximum atomic E-state index is 5.84. The molecule has 4 nitrogen and oxygen atoms in total. The number of nitrogen functional groups attached to an aromatic ring is 1. The summed E-state index contributed by atoms with van der Waals surface area (Å²) in [5.41, 5.74) is 5.75. The van der Waals surface area contributed by atoms with E-state index >= 15 is 0 Å². The Morgan fingerprint density at radius 2 is 2.06 bits per heavy atom. The van der Waals surface area contributed by atoms with Gasteiger partial charge in [-0.2, -0.15) is 11.8 Å². The number of hydrogen-bond acceptors (Lipinski definition) is 5. The van der Waals surface area contributed by atoms with Gasteiger partial charge in [-0.1, -0.05) is 20.8 Å². The second kappa shape index (κ2) is 6.27. The first-order chi connectivity index (χ1) is 8.32. The molecule has 0 bridgehead atoms. The number of anilines is 2. The SMILES string of the molecule is CSCCC(C)Nc1cc(N)nc(C(C)(C)C)n1. The second-order valence-electron chi connectivity index (χ2n) is 5.58. The zero-order valence-corrected chi connectivity index (χ0v) is 12.8. The van der Waals surface area contributed by atoms with Crippen molar-refractivity contribution in [2.24, 2.45) is 0 Å². The molecule has 0 aliphatic carbocycles. The lowest BCUT2D eigenvalue weighted by molar-refractivity contribution is 0.546. The highest BCUT2D eigenvalue weighted by molar-refractivity contribution is 7.98. The van der Waals surface area contributed by atoms with Crippen LogP contribution in [0.4, 0.5) is 11.6 Å². The standard InChI is InChI=1S/C13H24N4S/c1-9(6-7-18-5)15-11-8-10(14)16-12(17-11)13(2,3)4/h8-9H,6-7H2,1-5H3,(H3,14,15,16,17). The Labute approximate surface area is 114 Å². The van der Waals surface area contributed by atoms with Crippen LogP contribution in [0.25, 0.3) is 0 Å². The Kier molecular flexibility index (Phi) is 5.26. The van der Waals surface area contributed by atoms with Crippen molar-refractivity contribution in [3.8, 4) is 0 Å². The molecule has 0 aliphatic rings. The van der Waals surface area contributed by atoms with Gasteiger partial charge in [0.2, 0.25) is 0 Å². The summed E-state index contributed by atoms with van der Waals surface area (Å²) in [7, 11) is 0. The topological polar surface area (TPSA) is 63.8 Å². The number of rotatable bonds is 5. The summed E-state index contributed by atoms with van der Waals surface area (Å²) in [6.07, 6.45) is 3.23. The fourth-order valence-electron chi connectivity index (χ4n) is 1.49. The van der Waals surface area contributed by atoms with Gasteiger partial charge >= 0.3 is 0 Å². The summed E-state index contributed by atoms with van der Waals surface area (Å²) in [5, 5.41) is 3.39. The summed E-state index contributed by atoms with van der Waals surface area (Å²) in [6, 6.07) is 2.18. The van der Waals surface area contributed by atoms with Crippen LogP contribution in [0.5, 0.6) is 0 Å². The predicted molar refractivity (Wildman–Crippen MR) is 81.2 cm³/mol. The van der Waals surface area contributed by atoms with E-state index in [2.05, 4.69) is 49.2 Å². The molecule has 1 aromatic rings. The van der Waals surface area contributed by atoms with Gasteiger partial charge in [0.1, 0.15) is 17.5 Å². The van der Waals surface area contributed by atoms with Gasteiger partial charge in [-0.05, 0) is 25.4 Å². The lowest BCUT2D eigenvalue weighted by atomic mass is 9.96. The molecule has 1 atom stereocenters. The van der Waals surface area contributed by atoms with Crippen molar-refractivity contribution in [3.05, 3.63) is 11.9 Å². The van der Waals surface area contributed by atoms with Gasteiger partial charge in [-0.15, -0.1) is 0 Å². The van der Waals surface area contributed by atoms with Gasteiger partial charge in [0.05, 0.1) is 0 Å². The monoisotopic (exact) mass is 268 g/mol. The Morgan fingerprint density at radius 3 is 2.61 bits per heavy atom. The molecule has 0 saturated carbocycles. The second-order valence-corrected chi connectivity index (χ2v) is 6.56. The molecule has 102 valence electrons. The Balaban J connectivity index is 2.80. The first kappa shape index (κ1) is 15.1. The molecule has 1 heterocycles. The minimum absolute atomic E-state index is 0.0890. The van der Waals surface area contributed by atoms with Gasteiger partial charge in [0, 0.05) is 17.5 Å². The van der Waals surface area contributed by atoms with Gasteiger partial charge in [0.15, 0.2) is 0 Å². The van der Waals surface area contributed by atoms with E-state index in [1.54, 1.807) is 6.07 Å². The van der Waals surface area contributed by atoms with E-state index in [9.17, 15) is 0 Å². The molecule has 1 unspecified atom stereocenters. The first-order valence-corrected chi connectivity index (χ1v) is 7.63. The van der Waals surface area contributed by atoms with Crippen LogP contribution in [0.3, 0.4) is 0 Å². The number of nitrogens with two attached hydrogens (primary N) is 1. The smallest absolute Gasteiger partial charge is 0.138 e. The van der Waals surface area contributed by atoms with E-state index in [1.807, 2.05) is 11.8 Å². The van der Waals surface area contributed by atoms with E-state index in [0.717, 1.165) is 23.8 Å². The Hall–Kier alpha value is -0.970. The van der Waals surface area contributed by atoms with E-state index in [0.29, 0.717) is 11.9 Å². The first-order valence-electron chi connectivity index (χ1n) is 6.23. The number of thioether (sulfide) groups is 1. The van der Waals surface area contributed by atoms with Crippen LogP contribution in [0, 0.1) is 0 Å². The minimum Gasteiger partial charge on any atom is -0.384 e. The van der Waals surface area contributed by atoms with Crippen molar-refractivity contribution >= 4 is 23.4 Å². The fourth-order valence-corrected chi connectivity index (χ4v) is 2.08. The van der Waals surface area contributed by atoms with Crippen LogP contribution in [0.2, 0.25) is 0 Å². The molecule has 0 amide bonds. The van der Waals surface area contributed by atoms with Crippen molar-refractivity contribution in [2.45, 2.75) is 45.6 Å². The van der Waals surface area contributed by atoms with E-state index in [1.165, 1.54) is 0 Å². The summed E-state index contributed by atoms with van der Waals surface area (Å²) >= 11 is 1.85. The minimum atomic E-state index is -0.0890. The van der Waals surface area contributed by atoms with Crippen molar-refractivity contribution < 1.29 is 0 Å². The van der Waals surface area contributed by atoms with Gasteiger partial charge in [-0.3, -0.25) is 0 Å². The zero-order valence-electron chi connectivity index (χ0n) is 11.9. The number of aromatic nitrogens is 2. The van der Waals surface area contributed by atoms with Crippen molar-refractivity contribution in [2.75, 3.05) is 23.1 Å². The van der Waals surface area contributed by atoms with Crippen LogP contribution in [-0.2, 0) is 5.41 Å². The van der Waals surface area contributed by atoms with Crippen molar-refractivity contribution in [1.82, 2.24) is 9.97 Å². The van der Waals surface area contributed by atoms with Crippen LogP contribution < -0.4 is 11.1 Å². The Bertz CT molecular complexity index is 387. The van der Waals surface area contributed by atoms with Crippen molar-refractivity contribution in [3.63, 3.8) is 0 Å². The molecule has 0 fully saturated rings. The summed E-state index contributed by atoms with van der Waals surface area (Å²) in [5.74, 6) is 3.26. The van der Waals surface area contributed by atoms with Gasteiger partial charge < -0.3 is 11.1 Å². The van der Waals surface area contributed by atoms with Gasteiger partial charge in [-0.25, -0.2) is 9.97 Å². The van der Waals surface area contributed by atoms with Crippen LogP contribution >= 0.6 is 11.8 Å². The largest absolute Gasteiger partial charge is 0.384 e. The molecule has 0 aliphatic heterocycles. The lowest BCUT2D eigenvalue weighted by Gasteiger charge is -2.20. The number of nitrogens with zero attached hydrogens (tertiary/aromatic N) is 2. The highest BCUT2D eigenvalue weighted by Crippen LogP contribution is 2.21. The predicted octanol–water partition coefficient (Wildman–Crippen LogP) is 2.91. The third-order valence-corrected chi connectivity index (χ3v) is 3.21. The maximum absolute atomic E-state index is 5.84.